The standard InChI is InChI=1S/C16H23FN2O2/c1-4-21-16(20)12-8-15(13(17)9-14(12)18)19-6-5-10(2)7-11(19)3/h8-11H,4-7,18H2,1-3H3. The molecule has 2 unspecified atom stereocenters. The molecule has 116 valence electrons. The van der Waals surface area contributed by atoms with E-state index in [0.29, 0.717) is 11.6 Å². The van der Waals surface area contributed by atoms with E-state index in [1.807, 2.05) is 4.90 Å². The average molecular weight is 294 g/mol. The van der Waals surface area contributed by atoms with Crippen LogP contribution in [0.3, 0.4) is 0 Å². The van der Waals surface area contributed by atoms with Crippen LogP contribution in [0.1, 0.15) is 44.0 Å². The quantitative estimate of drug-likeness (QED) is 0.687. The topological polar surface area (TPSA) is 55.6 Å². The monoisotopic (exact) mass is 294 g/mol. The van der Waals surface area contributed by atoms with Crippen LogP contribution in [0.25, 0.3) is 0 Å². The molecular formula is C16H23FN2O2. The number of nitrogens with two attached hydrogens (primary N) is 1. The molecule has 1 aliphatic heterocycles. The predicted molar refractivity (Wildman–Crippen MR) is 82.0 cm³/mol. The highest BCUT2D eigenvalue weighted by molar-refractivity contribution is 5.96. The van der Waals surface area contributed by atoms with Gasteiger partial charge in [0.05, 0.1) is 17.9 Å². The zero-order valence-corrected chi connectivity index (χ0v) is 12.9. The lowest BCUT2D eigenvalue weighted by atomic mass is 9.92. The van der Waals surface area contributed by atoms with Gasteiger partial charge in [-0.25, -0.2) is 9.18 Å². The second-order valence-corrected chi connectivity index (χ2v) is 5.78. The third-order valence-corrected chi connectivity index (χ3v) is 4.06. The third kappa shape index (κ3) is 3.28. The van der Waals surface area contributed by atoms with E-state index in [1.54, 1.807) is 6.92 Å². The Kier molecular flexibility index (Phi) is 4.70. The second kappa shape index (κ2) is 6.33. The van der Waals surface area contributed by atoms with Gasteiger partial charge in [0, 0.05) is 18.3 Å². The number of carbonyl (C=O) groups excluding carboxylic acids is 1. The van der Waals surface area contributed by atoms with Crippen LogP contribution in [0, 0.1) is 11.7 Å². The van der Waals surface area contributed by atoms with Gasteiger partial charge in [-0.2, -0.15) is 0 Å². The van der Waals surface area contributed by atoms with E-state index >= 15 is 0 Å². The van der Waals surface area contributed by atoms with Crippen LogP contribution in [0.15, 0.2) is 12.1 Å². The molecule has 21 heavy (non-hydrogen) atoms. The van der Waals surface area contributed by atoms with Crippen LogP contribution in [-0.2, 0) is 4.74 Å². The summed E-state index contributed by atoms with van der Waals surface area (Å²) in [5, 5.41) is 0. The number of anilines is 2. The molecule has 1 aromatic rings. The van der Waals surface area contributed by atoms with Crippen molar-refractivity contribution in [1.82, 2.24) is 0 Å². The minimum Gasteiger partial charge on any atom is -0.462 e. The van der Waals surface area contributed by atoms with E-state index in [2.05, 4.69) is 13.8 Å². The molecule has 2 N–H and O–H groups in total. The van der Waals surface area contributed by atoms with Crippen LogP contribution in [0.2, 0.25) is 0 Å². The first-order valence-corrected chi connectivity index (χ1v) is 7.46. The molecule has 5 heteroatoms. The minimum absolute atomic E-state index is 0.118. The molecule has 0 bridgehead atoms. The maximum Gasteiger partial charge on any atom is 0.340 e. The van der Waals surface area contributed by atoms with Gasteiger partial charge in [-0.3, -0.25) is 0 Å². The number of esters is 1. The summed E-state index contributed by atoms with van der Waals surface area (Å²) < 4.78 is 19.2. The largest absolute Gasteiger partial charge is 0.462 e. The van der Waals surface area contributed by atoms with Gasteiger partial charge in [0.1, 0.15) is 5.82 Å². The minimum atomic E-state index is -0.505. The number of hydrogen-bond acceptors (Lipinski definition) is 4. The number of rotatable bonds is 3. The highest BCUT2D eigenvalue weighted by Crippen LogP contribution is 2.32. The molecule has 1 aliphatic rings. The summed E-state index contributed by atoms with van der Waals surface area (Å²) in [4.78, 5) is 13.9. The number of piperidine rings is 1. The van der Waals surface area contributed by atoms with Crippen molar-refractivity contribution in [1.29, 1.82) is 0 Å². The van der Waals surface area contributed by atoms with Crippen LogP contribution in [0.4, 0.5) is 15.8 Å². The van der Waals surface area contributed by atoms with E-state index in [-0.39, 0.29) is 29.7 Å². The van der Waals surface area contributed by atoms with Gasteiger partial charge in [-0.05, 0) is 44.7 Å². The van der Waals surface area contributed by atoms with Crippen LogP contribution < -0.4 is 10.6 Å². The van der Waals surface area contributed by atoms with Crippen LogP contribution in [0.5, 0.6) is 0 Å². The summed E-state index contributed by atoms with van der Waals surface area (Å²) >= 11 is 0. The van der Waals surface area contributed by atoms with Crippen molar-refractivity contribution >= 4 is 17.3 Å². The van der Waals surface area contributed by atoms with Crippen molar-refractivity contribution in [2.45, 2.75) is 39.7 Å². The van der Waals surface area contributed by atoms with E-state index in [1.165, 1.54) is 12.1 Å². The summed E-state index contributed by atoms with van der Waals surface area (Å²) in [6.45, 7) is 7.06. The van der Waals surface area contributed by atoms with Gasteiger partial charge < -0.3 is 15.4 Å². The molecule has 0 amide bonds. The number of hydrogen-bond donors (Lipinski definition) is 1. The van der Waals surface area contributed by atoms with Crippen molar-refractivity contribution in [2.24, 2.45) is 5.92 Å². The van der Waals surface area contributed by atoms with E-state index in [4.69, 9.17) is 10.5 Å². The molecular weight excluding hydrogens is 271 g/mol. The first kappa shape index (κ1) is 15.6. The first-order chi connectivity index (χ1) is 9.93. The van der Waals surface area contributed by atoms with Gasteiger partial charge in [0.2, 0.25) is 0 Å². The fourth-order valence-electron chi connectivity index (χ4n) is 2.95. The Bertz CT molecular complexity index is 533. The summed E-state index contributed by atoms with van der Waals surface area (Å²) in [5.41, 5.74) is 6.54. The number of benzene rings is 1. The zero-order chi connectivity index (χ0) is 15.6. The van der Waals surface area contributed by atoms with Gasteiger partial charge >= 0.3 is 5.97 Å². The van der Waals surface area contributed by atoms with Crippen molar-refractivity contribution in [2.75, 3.05) is 23.8 Å². The fraction of sp³-hybridized carbons (Fsp3) is 0.562. The van der Waals surface area contributed by atoms with Crippen molar-refractivity contribution < 1.29 is 13.9 Å². The average Bonchev–Trinajstić information content (AvgIpc) is 2.40. The van der Waals surface area contributed by atoms with Gasteiger partial charge in [0.15, 0.2) is 0 Å². The molecule has 1 saturated heterocycles. The molecule has 4 nitrogen and oxygen atoms in total. The van der Waals surface area contributed by atoms with Crippen LogP contribution >= 0.6 is 0 Å². The molecule has 0 aliphatic carbocycles. The Hall–Kier alpha value is -1.78. The number of halogens is 1. The summed E-state index contributed by atoms with van der Waals surface area (Å²) in [6, 6.07) is 2.98. The molecule has 0 spiro atoms. The summed E-state index contributed by atoms with van der Waals surface area (Å²) in [5.74, 6) is -0.256. The maximum atomic E-state index is 14.3. The molecule has 1 fully saturated rings. The molecule has 2 rings (SSSR count). The van der Waals surface area contributed by atoms with Gasteiger partial charge in [0.25, 0.3) is 0 Å². The molecule has 0 radical (unpaired) electrons. The SMILES string of the molecule is CCOC(=O)c1cc(N2CCC(C)CC2C)c(F)cc1N. The third-order valence-electron chi connectivity index (χ3n) is 4.06. The van der Waals surface area contributed by atoms with Crippen molar-refractivity contribution in [3.8, 4) is 0 Å². The maximum absolute atomic E-state index is 14.3. The Labute approximate surface area is 125 Å². The number of carbonyl (C=O) groups is 1. The first-order valence-electron chi connectivity index (χ1n) is 7.46. The molecule has 0 aromatic heterocycles. The normalized spacial score (nSPS) is 22.2. The number of nitrogens with zero attached hydrogens (tertiary/aromatic N) is 1. The molecule has 1 heterocycles. The van der Waals surface area contributed by atoms with Crippen LogP contribution in [-0.4, -0.2) is 25.2 Å². The Morgan fingerprint density at radius 2 is 2.19 bits per heavy atom. The van der Waals surface area contributed by atoms with Crippen molar-refractivity contribution in [3.63, 3.8) is 0 Å². The van der Waals surface area contributed by atoms with Gasteiger partial charge in [-0.1, -0.05) is 6.92 Å². The highest BCUT2D eigenvalue weighted by Gasteiger charge is 2.26. The summed E-state index contributed by atoms with van der Waals surface area (Å²) in [7, 11) is 0. The zero-order valence-electron chi connectivity index (χ0n) is 12.9. The number of nitrogen functional groups attached to an aromatic ring is 1. The Morgan fingerprint density at radius 3 is 2.81 bits per heavy atom. The molecule has 1 aromatic carbocycles. The Morgan fingerprint density at radius 1 is 1.48 bits per heavy atom. The lowest BCUT2D eigenvalue weighted by Gasteiger charge is -2.38. The van der Waals surface area contributed by atoms with Gasteiger partial charge in [-0.15, -0.1) is 0 Å². The lowest BCUT2D eigenvalue weighted by molar-refractivity contribution is 0.0527. The second-order valence-electron chi connectivity index (χ2n) is 5.78. The molecule has 2 atom stereocenters. The van der Waals surface area contributed by atoms with Crippen molar-refractivity contribution in [3.05, 3.63) is 23.5 Å². The predicted octanol–water partition coefficient (Wildman–Crippen LogP) is 3.21. The Balaban J connectivity index is 2.35. The highest BCUT2D eigenvalue weighted by atomic mass is 19.1. The fourth-order valence-corrected chi connectivity index (χ4v) is 2.95. The van der Waals surface area contributed by atoms with E-state index < -0.39 is 5.97 Å². The molecule has 0 saturated carbocycles. The van der Waals surface area contributed by atoms with E-state index in [9.17, 15) is 9.18 Å². The smallest absolute Gasteiger partial charge is 0.340 e. The lowest BCUT2D eigenvalue weighted by Crippen LogP contribution is -2.40. The summed E-state index contributed by atoms with van der Waals surface area (Å²) in [6.07, 6.45) is 2.03. The van der Waals surface area contributed by atoms with E-state index in [0.717, 1.165) is 19.4 Å². The number of ether oxygens (including phenoxy) is 1.